The van der Waals surface area contributed by atoms with E-state index in [-0.39, 0.29) is 5.78 Å². The fraction of sp³-hybridized carbons (Fsp3) is 0.368. The molecule has 0 heterocycles. The van der Waals surface area contributed by atoms with Gasteiger partial charge in [0, 0.05) is 11.3 Å². The molecule has 1 amide bonds. The minimum atomic E-state index is -0.758. The van der Waals surface area contributed by atoms with Crippen molar-refractivity contribution in [1.29, 1.82) is 0 Å². The van der Waals surface area contributed by atoms with Crippen molar-refractivity contribution in [3.05, 3.63) is 60.4 Å². The van der Waals surface area contributed by atoms with Crippen LogP contribution in [0.1, 0.15) is 34.6 Å². The molecule has 0 aliphatic rings. The molecular weight excluding hydrogens is 304 g/mol. The van der Waals surface area contributed by atoms with E-state index in [0.717, 1.165) is 0 Å². The van der Waals surface area contributed by atoms with E-state index in [0.29, 0.717) is 16.8 Å². The van der Waals surface area contributed by atoms with E-state index >= 15 is 0 Å². The summed E-state index contributed by atoms with van der Waals surface area (Å²) in [5.41, 5.74) is 6.77. The smallest absolute Gasteiger partial charge is 0.408 e. The number of carbonyl (C=O) groups excluding carboxylic acids is 2. The highest BCUT2D eigenvalue weighted by atomic mass is 16.6. The number of ether oxygens (including phenoxy) is 1. The molecule has 0 aromatic rings. The third-order valence-electron chi connectivity index (χ3n) is 2.88. The molecule has 5 heteroatoms. The predicted octanol–water partition coefficient (Wildman–Crippen LogP) is 3.56. The monoisotopic (exact) mass is 332 g/mol. The number of rotatable bonds is 7. The molecule has 3 N–H and O–H groups in total. The summed E-state index contributed by atoms with van der Waals surface area (Å²) in [6.45, 7) is 15.9. The summed E-state index contributed by atoms with van der Waals surface area (Å²) in [5.74, 6) is -0.290. The SMILES string of the molecule is C=C\C=C(N)/C(=C\C)/C=C(\C=C)C(=O)[C@H](C)NC(=O)OC(C)(C)C. The Morgan fingerprint density at radius 1 is 1.21 bits per heavy atom. The summed E-state index contributed by atoms with van der Waals surface area (Å²) >= 11 is 0. The van der Waals surface area contributed by atoms with E-state index in [9.17, 15) is 9.59 Å². The Labute approximate surface area is 144 Å². The first-order valence-electron chi connectivity index (χ1n) is 7.68. The van der Waals surface area contributed by atoms with Gasteiger partial charge in [-0.15, -0.1) is 0 Å². The Balaban J connectivity index is 5.25. The average Bonchev–Trinajstić information content (AvgIpc) is 2.45. The van der Waals surface area contributed by atoms with Crippen molar-refractivity contribution in [3.8, 4) is 0 Å². The number of Topliss-reactive ketones (excluding diaryl/α,β-unsaturated/α-hetero) is 1. The van der Waals surface area contributed by atoms with E-state index in [1.54, 1.807) is 52.0 Å². The first-order valence-corrected chi connectivity index (χ1v) is 7.68. The number of carbonyl (C=O) groups is 2. The van der Waals surface area contributed by atoms with E-state index in [1.165, 1.54) is 6.08 Å². The van der Waals surface area contributed by atoms with Gasteiger partial charge in [-0.1, -0.05) is 31.4 Å². The van der Waals surface area contributed by atoms with Gasteiger partial charge in [-0.3, -0.25) is 4.79 Å². The van der Waals surface area contributed by atoms with Crippen molar-refractivity contribution in [2.75, 3.05) is 0 Å². The normalized spacial score (nSPS) is 14.6. The Bertz CT molecular complexity index is 590. The quantitative estimate of drug-likeness (QED) is 0.552. The molecule has 132 valence electrons. The minimum Gasteiger partial charge on any atom is -0.444 e. The van der Waals surface area contributed by atoms with Crippen LogP contribution in [0.25, 0.3) is 0 Å². The van der Waals surface area contributed by atoms with Gasteiger partial charge in [-0.05, 0) is 52.3 Å². The third-order valence-corrected chi connectivity index (χ3v) is 2.88. The minimum absolute atomic E-state index is 0.290. The van der Waals surface area contributed by atoms with E-state index in [4.69, 9.17) is 10.5 Å². The Morgan fingerprint density at radius 2 is 1.79 bits per heavy atom. The van der Waals surface area contributed by atoms with Gasteiger partial charge in [0.05, 0.1) is 6.04 Å². The average molecular weight is 332 g/mol. The van der Waals surface area contributed by atoms with Crippen LogP contribution in [-0.2, 0) is 9.53 Å². The molecule has 0 spiro atoms. The van der Waals surface area contributed by atoms with Gasteiger partial charge < -0.3 is 15.8 Å². The number of hydrogen-bond acceptors (Lipinski definition) is 4. The second-order valence-electron chi connectivity index (χ2n) is 6.14. The highest BCUT2D eigenvalue weighted by molar-refractivity contribution is 6.03. The Hall–Kier alpha value is -2.56. The molecule has 1 atom stereocenters. The number of hydrogen-bond donors (Lipinski definition) is 2. The second-order valence-corrected chi connectivity index (χ2v) is 6.14. The lowest BCUT2D eigenvalue weighted by atomic mass is 10.0. The summed E-state index contributed by atoms with van der Waals surface area (Å²) in [6.07, 6.45) is 7.38. The fourth-order valence-corrected chi connectivity index (χ4v) is 1.75. The number of nitrogens with two attached hydrogens (primary N) is 1. The van der Waals surface area contributed by atoms with Crippen LogP contribution in [0.15, 0.2) is 60.4 Å². The number of allylic oxidation sites excluding steroid dienone is 5. The van der Waals surface area contributed by atoms with Gasteiger partial charge in [0.25, 0.3) is 0 Å². The lowest BCUT2D eigenvalue weighted by Gasteiger charge is -2.21. The first-order chi connectivity index (χ1) is 11.1. The van der Waals surface area contributed by atoms with Gasteiger partial charge in [-0.25, -0.2) is 4.79 Å². The molecule has 0 aromatic carbocycles. The van der Waals surface area contributed by atoms with Crippen LogP contribution in [0, 0.1) is 0 Å². The van der Waals surface area contributed by atoms with Crippen molar-refractivity contribution in [2.45, 2.75) is 46.3 Å². The van der Waals surface area contributed by atoms with Crippen LogP contribution >= 0.6 is 0 Å². The lowest BCUT2D eigenvalue weighted by molar-refractivity contribution is -0.116. The van der Waals surface area contributed by atoms with Gasteiger partial charge >= 0.3 is 6.09 Å². The largest absolute Gasteiger partial charge is 0.444 e. The van der Waals surface area contributed by atoms with Crippen molar-refractivity contribution < 1.29 is 14.3 Å². The highest BCUT2D eigenvalue weighted by Gasteiger charge is 2.22. The maximum Gasteiger partial charge on any atom is 0.408 e. The molecule has 0 saturated carbocycles. The zero-order valence-electron chi connectivity index (χ0n) is 15.2. The molecular formula is C19H28N2O3. The molecule has 0 bridgehead atoms. The molecule has 0 aliphatic heterocycles. The van der Waals surface area contributed by atoms with Crippen LogP contribution in [0.2, 0.25) is 0 Å². The molecule has 5 nitrogen and oxygen atoms in total. The molecule has 0 saturated heterocycles. The van der Waals surface area contributed by atoms with Crippen molar-refractivity contribution >= 4 is 11.9 Å². The predicted molar refractivity (Wildman–Crippen MR) is 98.3 cm³/mol. The first kappa shape index (κ1) is 21.4. The second kappa shape index (κ2) is 9.55. The molecule has 0 radical (unpaired) electrons. The van der Waals surface area contributed by atoms with E-state index < -0.39 is 17.7 Å². The fourth-order valence-electron chi connectivity index (χ4n) is 1.75. The number of amides is 1. The Kier molecular flexibility index (Phi) is 8.53. The van der Waals surface area contributed by atoms with Crippen LogP contribution < -0.4 is 11.1 Å². The molecule has 0 rings (SSSR count). The topological polar surface area (TPSA) is 81.4 Å². The third kappa shape index (κ3) is 7.63. The van der Waals surface area contributed by atoms with Crippen LogP contribution in [-0.4, -0.2) is 23.5 Å². The molecule has 0 aliphatic carbocycles. The number of nitrogens with one attached hydrogen (secondary N) is 1. The van der Waals surface area contributed by atoms with Crippen LogP contribution in [0.3, 0.4) is 0 Å². The molecule has 0 fully saturated rings. The van der Waals surface area contributed by atoms with Gasteiger partial charge in [0.2, 0.25) is 0 Å². The van der Waals surface area contributed by atoms with Crippen molar-refractivity contribution in [1.82, 2.24) is 5.32 Å². The molecule has 0 unspecified atom stereocenters. The van der Waals surface area contributed by atoms with Gasteiger partial charge in [0.1, 0.15) is 5.60 Å². The van der Waals surface area contributed by atoms with E-state index in [2.05, 4.69) is 18.5 Å². The Morgan fingerprint density at radius 3 is 2.21 bits per heavy atom. The summed E-state index contributed by atoms with van der Waals surface area (Å²) < 4.78 is 5.15. The van der Waals surface area contributed by atoms with Crippen molar-refractivity contribution in [2.24, 2.45) is 5.73 Å². The number of ketones is 1. The van der Waals surface area contributed by atoms with Crippen LogP contribution in [0.5, 0.6) is 0 Å². The zero-order valence-corrected chi connectivity index (χ0v) is 15.2. The summed E-state index contributed by atoms with van der Waals surface area (Å²) in [6, 6.07) is -0.758. The van der Waals surface area contributed by atoms with Crippen LogP contribution in [0.4, 0.5) is 4.79 Å². The van der Waals surface area contributed by atoms with Crippen molar-refractivity contribution in [3.63, 3.8) is 0 Å². The number of alkyl carbamates (subject to hydrolysis) is 1. The summed E-state index contributed by atoms with van der Waals surface area (Å²) in [4.78, 5) is 24.3. The molecule has 0 aromatic heterocycles. The zero-order chi connectivity index (χ0) is 18.9. The van der Waals surface area contributed by atoms with E-state index in [1.807, 2.05) is 6.92 Å². The highest BCUT2D eigenvalue weighted by Crippen LogP contribution is 2.13. The van der Waals surface area contributed by atoms with Gasteiger partial charge in [-0.2, -0.15) is 0 Å². The van der Waals surface area contributed by atoms with Gasteiger partial charge in [0.15, 0.2) is 5.78 Å². The maximum atomic E-state index is 12.5. The standard InChI is InChI=1S/C19H28N2O3/c1-8-11-16(20)14(9-2)12-15(10-3)17(22)13(4)21-18(23)24-19(5,6)7/h8-13H,1,3,20H2,2,4-7H3,(H,21,23)/b14-9-,15-12+,16-11+/t13-/m0/s1. The molecule has 24 heavy (non-hydrogen) atoms. The maximum absolute atomic E-state index is 12.5. The summed E-state index contributed by atoms with van der Waals surface area (Å²) in [7, 11) is 0. The lowest BCUT2D eigenvalue weighted by Crippen LogP contribution is -2.42. The summed E-state index contributed by atoms with van der Waals surface area (Å²) in [5, 5.41) is 2.52.